The van der Waals surface area contributed by atoms with Crippen molar-refractivity contribution >= 4 is 22.7 Å². The third-order valence-electron chi connectivity index (χ3n) is 6.59. The molecule has 37 heavy (non-hydrogen) atoms. The van der Waals surface area contributed by atoms with Crippen molar-refractivity contribution in [3.8, 4) is 28.7 Å². The second-order valence-corrected chi connectivity index (χ2v) is 8.57. The highest BCUT2D eigenvalue weighted by atomic mass is 16.5. The number of methoxy groups -OCH3 is 3. The van der Waals surface area contributed by atoms with Crippen LogP contribution in [0.25, 0.3) is 10.9 Å². The normalized spacial score (nSPS) is 11.6. The Labute approximate surface area is 216 Å². The first-order valence-corrected chi connectivity index (χ1v) is 11.7. The molecule has 3 aromatic carbocycles. The quantitative estimate of drug-likeness (QED) is 0.280. The maximum absolute atomic E-state index is 12.4. The van der Waals surface area contributed by atoms with Crippen LogP contribution in [0.4, 0.5) is 10.5 Å². The third kappa shape index (κ3) is 4.95. The molecule has 8 heteroatoms. The summed E-state index contributed by atoms with van der Waals surface area (Å²) in [6, 6.07) is 16.0. The van der Waals surface area contributed by atoms with Gasteiger partial charge in [0, 0.05) is 17.6 Å². The van der Waals surface area contributed by atoms with Crippen LogP contribution in [0.15, 0.2) is 60.8 Å². The predicted molar refractivity (Wildman–Crippen MR) is 143 cm³/mol. The lowest BCUT2D eigenvalue weighted by Crippen LogP contribution is -2.32. The fourth-order valence-corrected chi connectivity index (χ4v) is 4.32. The fraction of sp³-hybridized carbons (Fsp3) is 0.241. The number of anilines is 1. The molecule has 0 spiro atoms. The molecule has 0 aliphatic heterocycles. The molecule has 0 aliphatic carbocycles. The molecule has 0 aliphatic rings. The fourth-order valence-electron chi connectivity index (χ4n) is 4.32. The van der Waals surface area contributed by atoms with E-state index in [1.54, 1.807) is 51.8 Å². The van der Waals surface area contributed by atoms with E-state index in [-0.39, 0.29) is 0 Å². The van der Waals surface area contributed by atoms with Crippen molar-refractivity contribution in [1.29, 1.82) is 0 Å². The third-order valence-corrected chi connectivity index (χ3v) is 6.59. The van der Waals surface area contributed by atoms with Gasteiger partial charge in [-0.05, 0) is 73.9 Å². The summed E-state index contributed by atoms with van der Waals surface area (Å²) in [6.45, 7) is 5.67. The topological polar surface area (TPSA) is 90.4 Å². The minimum Gasteiger partial charge on any atom is -0.497 e. The van der Waals surface area contributed by atoms with Gasteiger partial charge in [-0.15, -0.1) is 0 Å². The number of nitrogens with zero attached hydrogens (tertiary/aromatic N) is 2. The summed E-state index contributed by atoms with van der Waals surface area (Å²) in [5.41, 5.74) is 3.78. The van der Waals surface area contributed by atoms with Gasteiger partial charge < -0.3 is 24.1 Å². The van der Waals surface area contributed by atoms with Gasteiger partial charge in [0.15, 0.2) is 11.5 Å². The highest BCUT2D eigenvalue weighted by Gasteiger charge is 2.26. The molecule has 4 aromatic rings. The Morgan fingerprint density at radius 2 is 1.51 bits per heavy atom. The second-order valence-electron chi connectivity index (χ2n) is 8.57. The van der Waals surface area contributed by atoms with E-state index in [1.807, 2.05) is 51.1 Å². The van der Waals surface area contributed by atoms with Crippen LogP contribution in [0, 0.1) is 13.8 Å². The monoisotopic (exact) mass is 502 g/mol. The minimum absolute atomic E-state index is 0.417. The number of carbonyl (C=O) groups is 1. The number of ether oxygens (including phenoxy) is 4. The van der Waals surface area contributed by atoms with Crippen molar-refractivity contribution in [3.63, 3.8) is 0 Å². The Kier molecular flexibility index (Phi) is 7.38. The Hall–Kier alpha value is -4.46. The number of aromatic nitrogens is 1. The second kappa shape index (κ2) is 10.7. The molecule has 1 amide bonds. The molecular weight excluding hydrogens is 472 g/mol. The minimum atomic E-state index is -1.04. The summed E-state index contributed by atoms with van der Waals surface area (Å²) < 4.78 is 22.4. The highest BCUT2D eigenvalue weighted by molar-refractivity contribution is 5.90. The zero-order valence-corrected chi connectivity index (χ0v) is 21.7. The van der Waals surface area contributed by atoms with E-state index in [1.165, 1.54) is 4.90 Å². The zero-order valence-electron chi connectivity index (χ0n) is 21.7. The van der Waals surface area contributed by atoms with Crippen LogP contribution in [-0.2, 0) is 0 Å². The molecule has 0 saturated heterocycles. The number of hydrogen-bond donors (Lipinski definition) is 1. The molecule has 0 saturated carbocycles. The number of fused-ring (bicyclic) bond motifs is 1. The first kappa shape index (κ1) is 25.6. The van der Waals surface area contributed by atoms with Gasteiger partial charge in [-0.1, -0.05) is 12.1 Å². The molecule has 4 rings (SSSR count). The highest BCUT2D eigenvalue weighted by Crippen LogP contribution is 2.40. The first-order valence-electron chi connectivity index (χ1n) is 11.7. The van der Waals surface area contributed by atoms with E-state index < -0.39 is 12.1 Å². The molecule has 1 heterocycles. The van der Waals surface area contributed by atoms with Crippen LogP contribution in [0.1, 0.15) is 29.7 Å². The number of pyridine rings is 1. The molecule has 1 aromatic heterocycles. The lowest BCUT2D eigenvalue weighted by Gasteiger charge is -2.29. The Morgan fingerprint density at radius 1 is 0.838 bits per heavy atom. The average molecular weight is 503 g/mol. The van der Waals surface area contributed by atoms with Crippen molar-refractivity contribution in [2.45, 2.75) is 26.8 Å². The van der Waals surface area contributed by atoms with Crippen molar-refractivity contribution in [2.75, 3.05) is 26.2 Å². The van der Waals surface area contributed by atoms with E-state index in [4.69, 9.17) is 18.9 Å². The average Bonchev–Trinajstić information content (AvgIpc) is 2.91. The van der Waals surface area contributed by atoms with E-state index >= 15 is 0 Å². The summed E-state index contributed by atoms with van der Waals surface area (Å²) in [4.78, 5) is 18.2. The van der Waals surface area contributed by atoms with Gasteiger partial charge in [0.2, 0.25) is 0 Å². The summed E-state index contributed by atoms with van der Waals surface area (Å²) in [5, 5.41) is 10.9. The maximum atomic E-state index is 12.4. The van der Waals surface area contributed by atoms with Crippen molar-refractivity contribution in [2.24, 2.45) is 0 Å². The summed E-state index contributed by atoms with van der Waals surface area (Å²) >= 11 is 0. The van der Waals surface area contributed by atoms with E-state index in [0.717, 1.165) is 22.1 Å². The van der Waals surface area contributed by atoms with E-state index in [0.29, 0.717) is 40.0 Å². The molecule has 1 unspecified atom stereocenters. The van der Waals surface area contributed by atoms with Crippen LogP contribution in [0.2, 0.25) is 0 Å². The van der Waals surface area contributed by atoms with Crippen LogP contribution >= 0.6 is 0 Å². The number of amides is 1. The van der Waals surface area contributed by atoms with Crippen LogP contribution < -0.4 is 23.8 Å². The summed E-state index contributed by atoms with van der Waals surface area (Å²) in [5.74, 6) is 3.08. The van der Waals surface area contributed by atoms with Gasteiger partial charge in [0.25, 0.3) is 0 Å². The van der Waals surface area contributed by atoms with Gasteiger partial charge >= 0.3 is 6.09 Å². The Bertz CT molecular complexity index is 1440. The molecule has 0 fully saturated rings. The smallest absolute Gasteiger partial charge is 0.412 e. The molecule has 192 valence electrons. The van der Waals surface area contributed by atoms with Gasteiger partial charge in [0.05, 0.1) is 38.6 Å². The summed E-state index contributed by atoms with van der Waals surface area (Å²) in [7, 11) is 4.75. The van der Waals surface area contributed by atoms with Crippen molar-refractivity contribution in [3.05, 3.63) is 77.5 Å². The Morgan fingerprint density at radius 3 is 2.14 bits per heavy atom. The summed E-state index contributed by atoms with van der Waals surface area (Å²) in [6.07, 6.45) is 0.628. The number of carboxylic acid groups (broad SMARTS) is 1. The lowest BCUT2D eigenvalue weighted by atomic mass is 10.0. The standard InChI is InChI=1S/C29H30N2O6/c1-17-18(2)25(37-26-13-14-30-23-16-28(36-6)27(35-5)15-22(23)26)12-11-24(17)31(29(32)33)19(3)20-7-9-21(34-4)10-8-20/h7-16,19H,1-6H3,(H,32,33). The van der Waals surface area contributed by atoms with Crippen molar-refractivity contribution in [1.82, 2.24) is 4.98 Å². The maximum Gasteiger partial charge on any atom is 0.412 e. The van der Waals surface area contributed by atoms with Gasteiger partial charge in [-0.3, -0.25) is 9.88 Å². The van der Waals surface area contributed by atoms with Crippen LogP contribution in [0.3, 0.4) is 0 Å². The van der Waals surface area contributed by atoms with E-state index in [9.17, 15) is 9.90 Å². The molecule has 0 radical (unpaired) electrons. The largest absolute Gasteiger partial charge is 0.497 e. The molecule has 1 atom stereocenters. The van der Waals surface area contributed by atoms with Gasteiger partial charge in [-0.25, -0.2) is 4.79 Å². The number of benzene rings is 3. The Balaban J connectivity index is 1.70. The van der Waals surface area contributed by atoms with Gasteiger partial charge in [-0.2, -0.15) is 0 Å². The lowest BCUT2D eigenvalue weighted by molar-refractivity contribution is 0.199. The molecule has 0 bridgehead atoms. The van der Waals surface area contributed by atoms with Gasteiger partial charge in [0.1, 0.15) is 17.2 Å². The zero-order chi connectivity index (χ0) is 26.7. The predicted octanol–water partition coefficient (Wildman–Crippen LogP) is 6.92. The van der Waals surface area contributed by atoms with Crippen molar-refractivity contribution < 1.29 is 28.8 Å². The molecule has 8 nitrogen and oxygen atoms in total. The number of rotatable bonds is 8. The SMILES string of the molecule is COc1ccc(C(C)N(C(=O)O)c2ccc(Oc3ccnc4cc(OC)c(OC)cc34)c(C)c2C)cc1. The molecular formula is C29H30N2O6. The van der Waals surface area contributed by atoms with Crippen LogP contribution in [0.5, 0.6) is 28.7 Å². The van der Waals surface area contributed by atoms with Crippen LogP contribution in [-0.4, -0.2) is 37.5 Å². The van der Waals surface area contributed by atoms with E-state index in [2.05, 4.69) is 4.98 Å². The molecule has 1 N–H and O–H groups in total. The number of hydrogen-bond acceptors (Lipinski definition) is 6. The first-order chi connectivity index (χ1) is 17.8.